The molecule has 0 bridgehead atoms. The van der Waals surface area contributed by atoms with Gasteiger partial charge in [-0.1, -0.05) is 60.7 Å². The quantitative estimate of drug-likeness (QED) is 0.498. The van der Waals surface area contributed by atoms with E-state index in [0.29, 0.717) is 30.8 Å². The van der Waals surface area contributed by atoms with Crippen molar-refractivity contribution in [2.45, 2.75) is 18.6 Å². The molecule has 0 fully saturated rings. The van der Waals surface area contributed by atoms with Crippen LogP contribution in [0.5, 0.6) is 5.75 Å². The summed E-state index contributed by atoms with van der Waals surface area (Å²) in [6.45, 7) is 1.26. The van der Waals surface area contributed by atoms with Gasteiger partial charge in [0.1, 0.15) is 18.5 Å². The van der Waals surface area contributed by atoms with Crippen molar-refractivity contribution in [1.82, 2.24) is 4.90 Å². The fourth-order valence-corrected chi connectivity index (χ4v) is 3.63. The van der Waals surface area contributed by atoms with Crippen LogP contribution in [0.2, 0.25) is 0 Å². The molecule has 31 heavy (non-hydrogen) atoms. The molecule has 0 aliphatic carbocycles. The maximum absolute atomic E-state index is 10.7. The first-order valence-electron chi connectivity index (χ1n) is 10.5. The smallest absolute Gasteiger partial charge is 0.119 e. The Bertz CT molecular complexity index is 900. The summed E-state index contributed by atoms with van der Waals surface area (Å²) in [5, 5.41) is 29.1. The van der Waals surface area contributed by atoms with Crippen LogP contribution in [0.4, 0.5) is 0 Å². The minimum Gasteiger partial charge on any atom is -0.491 e. The minimum atomic E-state index is -0.718. The second-order valence-electron chi connectivity index (χ2n) is 7.40. The molecule has 3 aromatic carbocycles. The standard InChI is InChI=1S/C26H28N2O3/c27-18-21-12-14-25(15-13-21)31-20-24(30)19-28(16-7-17-29)26(22-8-3-1-4-9-22)23-10-5-2-6-11-23/h1-6,8-15,24,26,29-30H,7,16-17,19-20H2. The average molecular weight is 417 g/mol. The predicted octanol–water partition coefficient (Wildman–Crippen LogP) is 3.77. The van der Waals surface area contributed by atoms with E-state index in [-0.39, 0.29) is 19.3 Å². The zero-order chi connectivity index (χ0) is 21.9. The molecule has 0 aromatic heterocycles. The van der Waals surface area contributed by atoms with Crippen molar-refractivity contribution in [3.63, 3.8) is 0 Å². The van der Waals surface area contributed by atoms with Gasteiger partial charge >= 0.3 is 0 Å². The molecule has 0 amide bonds. The summed E-state index contributed by atoms with van der Waals surface area (Å²) in [7, 11) is 0. The van der Waals surface area contributed by atoms with Crippen molar-refractivity contribution in [3.8, 4) is 11.8 Å². The molecule has 160 valence electrons. The van der Waals surface area contributed by atoms with Crippen LogP contribution in [0.15, 0.2) is 84.9 Å². The van der Waals surface area contributed by atoms with Gasteiger partial charge in [-0.05, 0) is 41.8 Å². The van der Waals surface area contributed by atoms with Gasteiger partial charge in [0.2, 0.25) is 0 Å². The summed E-state index contributed by atoms with van der Waals surface area (Å²) >= 11 is 0. The zero-order valence-corrected chi connectivity index (χ0v) is 17.5. The molecule has 2 N–H and O–H groups in total. The highest BCUT2D eigenvalue weighted by Crippen LogP contribution is 2.29. The number of hydrogen-bond donors (Lipinski definition) is 2. The van der Waals surface area contributed by atoms with Crippen molar-refractivity contribution in [1.29, 1.82) is 5.26 Å². The molecular formula is C26H28N2O3. The SMILES string of the molecule is N#Cc1ccc(OCC(O)CN(CCCO)C(c2ccccc2)c2ccccc2)cc1. The molecule has 0 radical (unpaired) electrons. The van der Waals surface area contributed by atoms with E-state index in [1.165, 1.54) is 0 Å². The number of hydrogen-bond acceptors (Lipinski definition) is 5. The van der Waals surface area contributed by atoms with Gasteiger partial charge in [-0.3, -0.25) is 4.90 Å². The van der Waals surface area contributed by atoms with Gasteiger partial charge < -0.3 is 14.9 Å². The van der Waals surface area contributed by atoms with E-state index < -0.39 is 6.10 Å². The normalized spacial score (nSPS) is 12.0. The second-order valence-corrected chi connectivity index (χ2v) is 7.40. The Morgan fingerprint density at radius 3 is 1.97 bits per heavy atom. The molecular weight excluding hydrogens is 388 g/mol. The lowest BCUT2D eigenvalue weighted by Crippen LogP contribution is -2.39. The molecule has 0 aliphatic rings. The number of rotatable bonds is 11. The Balaban J connectivity index is 1.75. The predicted molar refractivity (Wildman–Crippen MR) is 121 cm³/mol. The van der Waals surface area contributed by atoms with Gasteiger partial charge in [0.05, 0.1) is 17.7 Å². The summed E-state index contributed by atoms with van der Waals surface area (Å²) in [6, 6.07) is 29.3. The number of nitriles is 1. The lowest BCUT2D eigenvalue weighted by atomic mass is 9.96. The van der Waals surface area contributed by atoms with Gasteiger partial charge in [0.15, 0.2) is 0 Å². The highest BCUT2D eigenvalue weighted by molar-refractivity contribution is 5.34. The molecule has 0 heterocycles. The van der Waals surface area contributed by atoms with Crippen molar-refractivity contribution in [2.24, 2.45) is 0 Å². The van der Waals surface area contributed by atoms with Crippen LogP contribution >= 0.6 is 0 Å². The van der Waals surface area contributed by atoms with Crippen LogP contribution in [0, 0.1) is 11.3 Å². The van der Waals surface area contributed by atoms with Crippen LogP contribution in [0.25, 0.3) is 0 Å². The topological polar surface area (TPSA) is 76.7 Å². The molecule has 5 heteroatoms. The lowest BCUT2D eigenvalue weighted by Gasteiger charge is -2.34. The average Bonchev–Trinajstić information content (AvgIpc) is 2.83. The fraction of sp³-hybridized carbons (Fsp3) is 0.269. The lowest BCUT2D eigenvalue weighted by molar-refractivity contribution is 0.0552. The molecule has 1 unspecified atom stereocenters. The Labute approximate surface area is 183 Å². The van der Waals surface area contributed by atoms with E-state index in [1.807, 2.05) is 36.4 Å². The van der Waals surface area contributed by atoms with E-state index in [4.69, 9.17) is 10.00 Å². The van der Waals surface area contributed by atoms with Gasteiger partial charge in [-0.2, -0.15) is 5.26 Å². The Kier molecular flexibility index (Phi) is 8.62. The molecule has 5 nitrogen and oxygen atoms in total. The first-order chi connectivity index (χ1) is 15.2. The van der Waals surface area contributed by atoms with Crippen molar-refractivity contribution >= 4 is 0 Å². The van der Waals surface area contributed by atoms with Crippen molar-refractivity contribution in [2.75, 3.05) is 26.3 Å². The monoisotopic (exact) mass is 416 g/mol. The number of ether oxygens (including phenoxy) is 1. The summed E-state index contributed by atoms with van der Waals surface area (Å²) < 4.78 is 5.73. The Morgan fingerprint density at radius 1 is 0.871 bits per heavy atom. The second kappa shape index (κ2) is 11.9. The van der Waals surface area contributed by atoms with E-state index in [9.17, 15) is 10.2 Å². The first kappa shape index (κ1) is 22.5. The summed E-state index contributed by atoms with van der Waals surface area (Å²) in [6.07, 6.45) is -0.108. The van der Waals surface area contributed by atoms with E-state index >= 15 is 0 Å². The third-order valence-corrected chi connectivity index (χ3v) is 5.07. The highest BCUT2D eigenvalue weighted by atomic mass is 16.5. The molecule has 0 spiro atoms. The minimum absolute atomic E-state index is 0.0430. The van der Waals surface area contributed by atoms with Crippen molar-refractivity contribution in [3.05, 3.63) is 102 Å². The van der Waals surface area contributed by atoms with Crippen LogP contribution in [0.3, 0.4) is 0 Å². The fourth-order valence-electron chi connectivity index (χ4n) is 3.63. The first-order valence-corrected chi connectivity index (χ1v) is 10.5. The van der Waals surface area contributed by atoms with E-state index in [0.717, 1.165) is 11.1 Å². The number of nitrogens with zero attached hydrogens (tertiary/aromatic N) is 2. The molecule has 0 saturated heterocycles. The molecule has 3 rings (SSSR count). The molecule has 3 aromatic rings. The number of aliphatic hydroxyl groups is 2. The third kappa shape index (κ3) is 6.66. The zero-order valence-electron chi connectivity index (χ0n) is 17.5. The number of benzene rings is 3. The van der Waals surface area contributed by atoms with Crippen LogP contribution in [0.1, 0.15) is 29.2 Å². The van der Waals surface area contributed by atoms with E-state index in [1.54, 1.807) is 24.3 Å². The van der Waals surface area contributed by atoms with Gasteiger partial charge in [0, 0.05) is 19.7 Å². The maximum atomic E-state index is 10.7. The van der Waals surface area contributed by atoms with Crippen molar-refractivity contribution < 1.29 is 14.9 Å². The summed E-state index contributed by atoms with van der Waals surface area (Å²) in [5.41, 5.74) is 2.83. The Hall–Kier alpha value is -3.17. The third-order valence-electron chi connectivity index (χ3n) is 5.07. The van der Waals surface area contributed by atoms with E-state index in [2.05, 4.69) is 35.2 Å². The van der Waals surface area contributed by atoms with Gasteiger partial charge in [-0.15, -0.1) is 0 Å². The Morgan fingerprint density at radius 2 is 1.45 bits per heavy atom. The maximum Gasteiger partial charge on any atom is 0.119 e. The van der Waals surface area contributed by atoms with Crippen LogP contribution < -0.4 is 4.74 Å². The van der Waals surface area contributed by atoms with Gasteiger partial charge in [-0.25, -0.2) is 0 Å². The molecule has 0 aliphatic heterocycles. The van der Waals surface area contributed by atoms with Crippen LogP contribution in [-0.2, 0) is 0 Å². The molecule has 1 atom stereocenters. The number of aliphatic hydroxyl groups excluding tert-OH is 2. The summed E-state index contributed by atoms with van der Waals surface area (Å²) in [5.74, 6) is 0.614. The summed E-state index contributed by atoms with van der Waals surface area (Å²) in [4.78, 5) is 2.19. The largest absolute Gasteiger partial charge is 0.491 e. The van der Waals surface area contributed by atoms with Gasteiger partial charge in [0.25, 0.3) is 0 Å². The molecule has 0 saturated carbocycles. The highest BCUT2D eigenvalue weighted by Gasteiger charge is 2.24. The van der Waals surface area contributed by atoms with Crippen LogP contribution in [-0.4, -0.2) is 47.5 Å².